The number of aromatic nitrogens is 3. The Hall–Kier alpha value is -1.96. The van der Waals surface area contributed by atoms with Crippen molar-refractivity contribution in [3.8, 4) is 0 Å². The van der Waals surface area contributed by atoms with Crippen LogP contribution in [0, 0.1) is 0 Å². The van der Waals surface area contributed by atoms with E-state index in [-0.39, 0.29) is 23.5 Å². The van der Waals surface area contributed by atoms with Gasteiger partial charge in [-0.05, 0) is 12.1 Å². The molecule has 0 aliphatic carbocycles. The van der Waals surface area contributed by atoms with Crippen molar-refractivity contribution in [2.24, 2.45) is 0 Å². The van der Waals surface area contributed by atoms with Gasteiger partial charge in [-0.1, -0.05) is 0 Å². The summed E-state index contributed by atoms with van der Waals surface area (Å²) in [5.41, 5.74) is 0.844. The molecule has 3 rings (SSSR count). The van der Waals surface area contributed by atoms with Crippen LogP contribution in [-0.2, 0) is 9.84 Å². The average Bonchev–Trinajstić information content (AvgIpc) is 2.73. The maximum Gasteiger partial charge on any atom is 0.255 e. The Bertz CT molecular complexity index is 710. The molecule has 2 aromatic heterocycles. The molecule has 8 heteroatoms. The number of nitrogens with zero attached hydrogens (tertiary/aromatic N) is 3. The molecule has 0 unspecified atom stereocenters. The zero-order valence-electron chi connectivity index (χ0n) is 9.28. The summed E-state index contributed by atoms with van der Waals surface area (Å²) in [5.74, 6) is -0.308. The van der Waals surface area contributed by atoms with Crippen molar-refractivity contribution in [2.45, 2.75) is 6.04 Å². The van der Waals surface area contributed by atoms with Crippen molar-refractivity contribution in [3.63, 3.8) is 0 Å². The van der Waals surface area contributed by atoms with Gasteiger partial charge in [0.25, 0.3) is 5.91 Å². The fourth-order valence-electron chi connectivity index (χ4n) is 1.94. The van der Waals surface area contributed by atoms with E-state index in [4.69, 9.17) is 0 Å². The first kappa shape index (κ1) is 11.1. The first-order valence-electron chi connectivity index (χ1n) is 5.35. The molecular formula is C10H10N4O3S. The number of nitrogens with one attached hydrogen (secondary N) is 1. The number of hydrogen-bond acceptors (Lipinski definition) is 5. The van der Waals surface area contributed by atoms with E-state index in [1.807, 2.05) is 0 Å². The number of hydrogen-bond donors (Lipinski definition) is 1. The van der Waals surface area contributed by atoms with Gasteiger partial charge in [0.1, 0.15) is 6.33 Å². The van der Waals surface area contributed by atoms with Crippen LogP contribution in [0.4, 0.5) is 0 Å². The second-order valence-corrected chi connectivity index (χ2v) is 6.35. The Labute approximate surface area is 103 Å². The maximum atomic E-state index is 12.0. The van der Waals surface area contributed by atoms with Crippen LogP contribution in [0.5, 0.6) is 0 Å². The molecule has 0 spiro atoms. The van der Waals surface area contributed by atoms with Crippen LogP contribution < -0.4 is 5.32 Å². The molecule has 1 amide bonds. The third-order valence-electron chi connectivity index (χ3n) is 2.79. The fraction of sp³-hybridized carbons (Fsp3) is 0.300. The van der Waals surface area contributed by atoms with Crippen LogP contribution >= 0.6 is 0 Å². The SMILES string of the molecule is O=C(NC1CS(=O)(=O)C1)c1cccn2ncnc12. The predicted molar refractivity (Wildman–Crippen MR) is 62.9 cm³/mol. The summed E-state index contributed by atoms with van der Waals surface area (Å²) in [6.07, 6.45) is 3.05. The molecule has 1 fully saturated rings. The zero-order valence-corrected chi connectivity index (χ0v) is 10.1. The monoisotopic (exact) mass is 266 g/mol. The summed E-state index contributed by atoms with van der Waals surface area (Å²) in [6.45, 7) is 0. The number of pyridine rings is 1. The standard InChI is InChI=1S/C10H10N4O3S/c15-10(13-7-4-18(16,17)5-7)8-2-1-3-14-9(8)11-6-12-14/h1-3,6-7H,4-5H2,(H,13,15). The van der Waals surface area contributed by atoms with Gasteiger partial charge in [-0.2, -0.15) is 5.10 Å². The van der Waals surface area contributed by atoms with Gasteiger partial charge in [0.15, 0.2) is 15.5 Å². The minimum absolute atomic E-state index is 0.00848. The number of amides is 1. The first-order valence-corrected chi connectivity index (χ1v) is 7.17. The summed E-state index contributed by atoms with van der Waals surface area (Å²) in [4.78, 5) is 16.0. The number of carbonyl (C=O) groups excluding carboxylic acids is 1. The molecule has 1 N–H and O–H groups in total. The fourth-order valence-corrected chi connectivity index (χ4v) is 3.23. The molecule has 0 atom stereocenters. The van der Waals surface area contributed by atoms with Crippen LogP contribution in [0.1, 0.15) is 10.4 Å². The molecule has 7 nitrogen and oxygen atoms in total. The van der Waals surface area contributed by atoms with E-state index in [1.165, 1.54) is 10.8 Å². The van der Waals surface area contributed by atoms with E-state index in [2.05, 4.69) is 15.4 Å². The van der Waals surface area contributed by atoms with Gasteiger partial charge in [-0.3, -0.25) is 4.79 Å². The minimum Gasteiger partial charge on any atom is -0.347 e. The molecule has 2 aromatic rings. The van der Waals surface area contributed by atoms with E-state index >= 15 is 0 Å². The van der Waals surface area contributed by atoms with Crippen molar-refractivity contribution in [1.29, 1.82) is 0 Å². The molecule has 1 aliphatic rings. The lowest BCUT2D eigenvalue weighted by atomic mass is 10.2. The summed E-state index contributed by atoms with van der Waals surface area (Å²) in [7, 11) is -2.94. The molecule has 94 valence electrons. The summed E-state index contributed by atoms with van der Waals surface area (Å²) < 4.78 is 23.5. The third-order valence-corrected chi connectivity index (χ3v) is 4.61. The largest absolute Gasteiger partial charge is 0.347 e. The molecular weight excluding hydrogens is 256 g/mol. The predicted octanol–water partition coefficient (Wildman–Crippen LogP) is -0.744. The van der Waals surface area contributed by atoms with Crippen molar-refractivity contribution >= 4 is 21.4 Å². The minimum atomic E-state index is -2.94. The van der Waals surface area contributed by atoms with Gasteiger partial charge in [0.2, 0.25) is 0 Å². The Kier molecular flexibility index (Phi) is 2.34. The Morgan fingerprint density at radius 1 is 1.44 bits per heavy atom. The van der Waals surface area contributed by atoms with Crippen LogP contribution in [0.25, 0.3) is 5.65 Å². The van der Waals surface area contributed by atoms with Gasteiger partial charge in [-0.15, -0.1) is 0 Å². The van der Waals surface area contributed by atoms with Gasteiger partial charge in [0, 0.05) is 6.20 Å². The van der Waals surface area contributed by atoms with Gasteiger partial charge < -0.3 is 5.32 Å². The van der Waals surface area contributed by atoms with Crippen LogP contribution in [0.15, 0.2) is 24.7 Å². The summed E-state index contributed by atoms with van der Waals surface area (Å²) >= 11 is 0. The second-order valence-electron chi connectivity index (χ2n) is 4.20. The van der Waals surface area contributed by atoms with E-state index in [0.29, 0.717) is 11.2 Å². The normalized spacial score (nSPS) is 18.4. The molecule has 1 aliphatic heterocycles. The highest BCUT2D eigenvalue weighted by Crippen LogP contribution is 2.12. The molecule has 0 aromatic carbocycles. The number of carbonyl (C=O) groups is 1. The number of rotatable bonds is 2. The highest BCUT2D eigenvalue weighted by molar-refractivity contribution is 7.92. The van der Waals surface area contributed by atoms with Crippen molar-refractivity contribution < 1.29 is 13.2 Å². The number of sulfone groups is 1. The van der Waals surface area contributed by atoms with Crippen molar-refractivity contribution in [1.82, 2.24) is 19.9 Å². The first-order chi connectivity index (χ1) is 8.55. The highest BCUT2D eigenvalue weighted by Gasteiger charge is 2.34. The smallest absolute Gasteiger partial charge is 0.255 e. The lowest BCUT2D eigenvalue weighted by molar-refractivity contribution is 0.0943. The van der Waals surface area contributed by atoms with E-state index in [1.54, 1.807) is 18.3 Å². The van der Waals surface area contributed by atoms with Gasteiger partial charge in [-0.25, -0.2) is 17.9 Å². The summed E-state index contributed by atoms with van der Waals surface area (Å²) in [6, 6.07) is 3.02. The average molecular weight is 266 g/mol. The third kappa shape index (κ3) is 1.84. The summed E-state index contributed by atoms with van der Waals surface area (Å²) in [5, 5.41) is 6.60. The lowest BCUT2D eigenvalue weighted by Crippen LogP contribution is -2.53. The van der Waals surface area contributed by atoms with Crippen molar-refractivity contribution in [2.75, 3.05) is 11.5 Å². The molecule has 3 heterocycles. The second kappa shape index (κ2) is 3.77. The van der Waals surface area contributed by atoms with Gasteiger partial charge >= 0.3 is 0 Å². The quantitative estimate of drug-likeness (QED) is 0.772. The van der Waals surface area contributed by atoms with Crippen LogP contribution in [0.2, 0.25) is 0 Å². The topological polar surface area (TPSA) is 93.4 Å². The zero-order chi connectivity index (χ0) is 12.8. The maximum absolute atomic E-state index is 12.0. The van der Waals surface area contributed by atoms with E-state index in [9.17, 15) is 13.2 Å². The molecule has 18 heavy (non-hydrogen) atoms. The Balaban J connectivity index is 1.82. The van der Waals surface area contributed by atoms with Gasteiger partial charge in [0.05, 0.1) is 23.1 Å². The molecule has 1 saturated heterocycles. The van der Waals surface area contributed by atoms with E-state index < -0.39 is 9.84 Å². The molecule has 0 radical (unpaired) electrons. The Morgan fingerprint density at radius 3 is 2.94 bits per heavy atom. The van der Waals surface area contributed by atoms with E-state index in [0.717, 1.165) is 0 Å². The molecule has 0 bridgehead atoms. The van der Waals surface area contributed by atoms with Crippen LogP contribution in [0.3, 0.4) is 0 Å². The molecule has 0 saturated carbocycles. The Morgan fingerprint density at radius 2 is 2.22 bits per heavy atom. The highest BCUT2D eigenvalue weighted by atomic mass is 32.2. The van der Waals surface area contributed by atoms with Crippen LogP contribution in [-0.4, -0.2) is 46.5 Å². The van der Waals surface area contributed by atoms with Crippen molar-refractivity contribution in [3.05, 3.63) is 30.2 Å². The number of fused-ring (bicyclic) bond motifs is 1. The lowest BCUT2D eigenvalue weighted by Gasteiger charge is -2.26.